The smallest absolute Gasteiger partial charge is 0.303 e. The summed E-state index contributed by atoms with van der Waals surface area (Å²) in [5.41, 5.74) is 5.23. The van der Waals surface area contributed by atoms with Gasteiger partial charge in [-0.25, -0.2) is 0 Å². The summed E-state index contributed by atoms with van der Waals surface area (Å²) >= 11 is 0. The molecule has 92 valence electrons. The number of rotatable bonds is 4. The Labute approximate surface area is 102 Å². The fourth-order valence-electron chi connectivity index (χ4n) is 2.65. The number of aryl methyl sites for hydroxylation is 1. The van der Waals surface area contributed by atoms with Gasteiger partial charge in [0.15, 0.2) is 0 Å². The Balaban J connectivity index is 2.30. The standard InChI is InChI=1S/C14H19NO2/c1-15-13-8-6-10(7-9-14(16)17)11-4-2-3-5-12(11)13/h6,8,15H,2-5,7,9H2,1H3,(H,16,17). The van der Waals surface area contributed by atoms with Gasteiger partial charge in [-0.15, -0.1) is 0 Å². The van der Waals surface area contributed by atoms with Crippen molar-refractivity contribution in [3.8, 4) is 0 Å². The first kappa shape index (κ1) is 12.0. The monoisotopic (exact) mass is 233 g/mol. The van der Waals surface area contributed by atoms with Gasteiger partial charge < -0.3 is 10.4 Å². The van der Waals surface area contributed by atoms with Crippen molar-refractivity contribution in [2.75, 3.05) is 12.4 Å². The van der Waals surface area contributed by atoms with E-state index in [0.29, 0.717) is 6.42 Å². The van der Waals surface area contributed by atoms with Gasteiger partial charge in [-0.3, -0.25) is 4.79 Å². The molecule has 1 aromatic carbocycles. The zero-order chi connectivity index (χ0) is 12.3. The van der Waals surface area contributed by atoms with Crippen molar-refractivity contribution in [2.24, 2.45) is 0 Å². The van der Waals surface area contributed by atoms with Crippen LogP contribution in [-0.2, 0) is 24.1 Å². The second kappa shape index (κ2) is 5.21. The van der Waals surface area contributed by atoms with Crippen molar-refractivity contribution in [3.63, 3.8) is 0 Å². The summed E-state index contributed by atoms with van der Waals surface area (Å²) in [5.74, 6) is -0.716. The van der Waals surface area contributed by atoms with Crippen LogP contribution in [0.15, 0.2) is 12.1 Å². The van der Waals surface area contributed by atoms with E-state index in [1.54, 1.807) is 0 Å². The SMILES string of the molecule is CNc1ccc(CCC(=O)O)c2c1CCCC2. The number of aliphatic carboxylic acids is 1. The molecule has 0 radical (unpaired) electrons. The normalized spacial score (nSPS) is 14.2. The third-order valence-electron chi connectivity index (χ3n) is 3.51. The number of fused-ring (bicyclic) bond motifs is 1. The van der Waals surface area contributed by atoms with Gasteiger partial charge in [0, 0.05) is 19.2 Å². The molecule has 3 heteroatoms. The number of benzene rings is 1. The molecule has 17 heavy (non-hydrogen) atoms. The van der Waals surface area contributed by atoms with Crippen LogP contribution in [-0.4, -0.2) is 18.1 Å². The largest absolute Gasteiger partial charge is 0.481 e. The number of nitrogens with one attached hydrogen (secondary N) is 1. The van der Waals surface area contributed by atoms with Crippen LogP contribution in [0, 0.1) is 0 Å². The molecule has 0 amide bonds. The van der Waals surface area contributed by atoms with Crippen molar-refractivity contribution < 1.29 is 9.90 Å². The van der Waals surface area contributed by atoms with Gasteiger partial charge in [-0.05, 0) is 54.9 Å². The molecule has 0 heterocycles. The summed E-state index contributed by atoms with van der Waals surface area (Å²) in [4.78, 5) is 10.7. The van der Waals surface area contributed by atoms with Crippen molar-refractivity contribution in [3.05, 3.63) is 28.8 Å². The second-order valence-corrected chi connectivity index (χ2v) is 4.58. The first-order chi connectivity index (χ1) is 8.22. The highest BCUT2D eigenvalue weighted by molar-refractivity contribution is 5.67. The first-order valence-corrected chi connectivity index (χ1v) is 6.25. The van der Waals surface area contributed by atoms with Crippen LogP contribution in [0.2, 0.25) is 0 Å². The van der Waals surface area contributed by atoms with Gasteiger partial charge in [0.2, 0.25) is 0 Å². The van der Waals surface area contributed by atoms with E-state index in [-0.39, 0.29) is 6.42 Å². The quantitative estimate of drug-likeness (QED) is 0.840. The number of carbonyl (C=O) groups is 1. The number of anilines is 1. The highest BCUT2D eigenvalue weighted by Gasteiger charge is 2.16. The minimum Gasteiger partial charge on any atom is -0.481 e. The van der Waals surface area contributed by atoms with Crippen LogP contribution in [0.1, 0.15) is 36.0 Å². The van der Waals surface area contributed by atoms with Gasteiger partial charge in [0.25, 0.3) is 0 Å². The average molecular weight is 233 g/mol. The molecule has 0 unspecified atom stereocenters. The molecule has 0 aromatic heterocycles. The molecule has 0 atom stereocenters. The molecule has 1 aromatic rings. The molecule has 3 nitrogen and oxygen atoms in total. The van der Waals surface area contributed by atoms with E-state index in [9.17, 15) is 4.79 Å². The minimum atomic E-state index is -0.716. The third kappa shape index (κ3) is 2.60. The maximum absolute atomic E-state index is 10.7. The molecule has 1 aliphatic rings. The third-order valence-corrected chi connectivity index (χ3v) is 3.51. The van der Waals surface area contributed by atoms with Crippen LogP contribution in [0.4, 0.5) is 5.69 Å². The van der Waals surface area contributed by atoms with Gasteiger partial charge in [0.05, 0.1) is 0 Å². The van der Waals surface area contributed by atoms with Crippen molar-refractivity contribution in [1.82, 2.24) is 0 Å². The predicted octanol–water partition coefficient (Wildman–Crippen LogP) is 2.62. The molecule has 0 fully saturated rings. The molecule has 2 rings (SSSR count). The minimum absolute atomic E-state index is 0.228. The van der Waals surface area contributed by atoms with E-state index in [0.717, 1.165) is 12.8 Å². The lowest BCUT2D eigenvalue weighted by Crippen LogP contribution is -2.10. The van der Waals surface area contributed by atoms with E-state index >= 15 is 0 Å². The number of hydrogen-bond donors (Lipinski definition) is 2. The molecule has 1 aliphatic carbocycles. The van der Waals surface area contributed by atoms with E-state index in [1.165, 1.54) is 35.2 Å². The van der Waals surface area contributed by atoms with E-state index in [4.69, 9.17) is 5.11 Å². The fraction of sp³-hybridized carbons (Fsp3) is 0.500. The Morgan fingerprint density at radius 2 is 2.00 bits per heavy atom. The van der Waals surface area contributed by atoms with Gasteiger partial charge in [-0.1, -0.05) is 6.07 Å². The van der Waals surface area contributed by atoms with Gasteiger partial charge in [0.1, 0.15) is 0 Å². The summed E-state index contributed by atoms with van der Waals surface area (Å²) in [6.45, 7) is 0. The number of carboxylic acids is 1. The summed E-state index contributed by atoms with van der Waals surface area (Å²) in [5, 5.41) is 12.0. The molecule has 0 spiro atoms. The van der Waals surface area contributed by atoms with Crippen LogP contribution >= 0.6 is 0 Å². The Morgan fingerprint density at radius 1 is 1.29 bits per heavy atom. The lowest BCUT2D eigenvalue weighted by Gasteiger charge is -2.22. The van der Waals surface area contributed by atoms with Crippen LogP contribution < -0.4 is 5.32 Å². The lowest BCUT2D eigenvalue weighted by atomic mass is 9.85. The summed E-state index contributed by atoms with van der Waals surface area (Å²) in [6, 6.07) is 4.17. The Bertz CT molecular complexity index is 426. The zero-order valence-corrected chi connectivity index (χ0v) is 10.3. The number of hydrogen-bond acceptors (Lipinski definition) is 2. The molecular weight excluding hydrogens is 214 g/mol. The lowest BCUT2D eigenvalue weighted by molar-refractivity contribution is -0.136. The van der Waals surface area contributed by atoms with E-state index in [2.05, 4.69) is 17.4 Å². The highest BCUT2D eigenvalue weighted by Crippen LogP contribution is 2.31. The van der Waals surface area contributed by atoms with E-state index < -0.39 is 5.97 Å². The summed E-state index contributed by atoms with van der Waals surface area (Å²) in [6.07, 6.45) is 5.56. The average Bonchev–Trinajstić information content (AvgIpc) is 2.35. The Morgan fingerprint density at radius 3 is 2.65 bits per heavy atom. The Hall–Kier alpha value is -1.51. The van der Waals surface area contributed by atoms with Crippen molar-refractivity contribution in [2.45, 2.75) is 38.5 Å². The van der Waals surface area contributed by atoms with Crippen LogP contribution in [0.5, 0.6) is 0 Å². The van der Waals surface area contributed by atoms with Crippen molar-refractivity contribution >= 4 is 11.7 Å². The maximum atomic E-state index is 10.7. The van der Waals surface area contributed by atoms with Gasteiger partial charge >= 0.3 is 5.97 Å². The maximum Gasteiger partial charge on any atom is 0.303 e. The first-order valence-electron chi connectivity index (χ1n) is 6.25. The highest BCUT2D eigenvalue weighted by atomic mass is 16.4. The summed E-state index contributed by atoms with van der Waals surface area (Å²) < 4.78 is 0. The zero-order valence-electron chi connectivity index (χ0n) is 10.3. The topological polar surface area (TPSA) is 49.3 Å². The van der Waals surface area contributed by atoms with Gasteiger partial charge in [-0.2, -0.15) is 0 Å². The van der Waals surface area contributed by atoms with Crippen LogP contribution in [0.25, 0.3) is 0 Å². The van der Waals surface area contributed by atoms with E-state index in [1.807, 2.05) is 7.05 Å². The Kier molecular flexibility index (Phi) is 3.67. The predicted molar refractivity (Wildman–Crippen MR) is 68.6 cm³/mol. The molecule has 0 bridgehead atoms. The number of carboxylic acid groups (broad SMARTS) is 1. The van der Waals surface area contributed by atoms with Crippen molar-refractivity contribution in [1.29, 1.82) is 0 Å². The second-order valence-electron chi connectivity index (χ2n) is 4.58. The molecular formula is C14H19NO2. The fourth-order valence-corrected chi connectivity index (χ4v) is 2.65. The molecule has 0 aliphatic heterocycles. The van der Waals surface area contributed by atoms with Crippen LogP contribution in [0.3, 0.4) is 0 Å². The molecule has 0 saturated carbocycles. The summed E-state index contributed by atoms with van der Waals surface area (Å²) in [7, 11) is 1.95. The molecule has 0 saturated heterocycles. The molecule has 2 N–H and O–H groups in total.